The van der Waals surface area contributed by atoms with Crippen LogP contribution in [-0.2, 0) is 0 Å². The molecule has 18 heavy (non-hydrogen) atoms. The molecule has 0 spiro atoms. The van der Waals surface area contributed by atoms with Crippen molar-refractivity contribution in [2.45, 2.75) is 6.04 Å². The molecule has 0 amide bonds. The highest BCUT2D eigenvalue weighted by Gasteiger charge is 2.27. The average Bonchev–Trinajstić information content (AvgIpc) is 2.39. The highest BCUT2D eigenvalue weighted by molar-refractivity contribution is 7.80. The standard InChI is InChI=1S/C12H9ClN4S/c13-10-8-9(7-4-2-1-3-5-7)16-12(18)17-11(8)15-6-14-10/h1-6,9H,(H2,14,15,16,17,18). The summed E-state index contributed by atoms with van der Waals surface area (Å²) in [5, 5.41) is 7.13. The maximum atomic E-state index is 6.16. The third-order valence-corrected chi connectivity index (χ3v) is 3.29. The summed E-state index contributed by atoms with van der Waals surface area (Å²) in [6, 6.07) is 9.81. The topological polar surface area (TPSA) is 49.8 Å². The van der Waals surface area contributed by atoms with Crippen molar-refractivity contribution in [2.75, 3.05) is 5.32 Å². The minimum Gasteiger partial charge on any atom is -0.351 e. The number of nitrogens with zero attached hydrogens (tertiary/aromatic N) is 2. The Balaban J connectivity index is 2.15. The fourth-order valence-electron chi connectivity index (χ4n) is 1.97. The number of fused-ring (bicyclic) bond motifs is 1. The van der Waals surface area contributed by atoms with Crippen LogP contribution in [0, 0.1) is 0 Å². The number of nitrogens with one attached hydrogen (secondary N) is 2. The SMILES string of the molecule is S=C1Nc2ncnc(Cl)c2C(c2ccccc2)N1. The monoisotopic (exact) mass is 276 g/mol. The van der Waals surface area contributed by atoms with Crippen molar-refractivity contribution in [3.8, 4) is 0 Å². The highest BCUT2D eigenvalue weighted by Crippen LogP contribution is 2.34. The van der Waals surface area contributed by atoms with Crippen molar-refractivity contribution in [1.29, 1.82) is 0 Å². The van der Waals surface area contributed by atoms with E-state index in [1.807, 2.05) is 30.3 Å². The predicted molar refractivity (Wildman–Crippen MR) is 74.7 cm³/mol. The molecule has 90 valence electrons. The average molecular weight is 277 g/mol. The first-order chi connectivity index (χ1) is 8.75. The van der Waals surface area contributed by atoms with Crippen LogP contribution in [0.2, 0.25) is 5.15 Å². The number of aromatic nitrogens is 2. The second-order valence-electron chi connectivity index (χ2n) is 3.87. The number of thiocarbonyl (C=S) groups is 1. The lowest BCUT2D eigenvalue weighted by atomic mass is 9.99. The van der Waals surface area contributed by atoms with E-state index in [0.717, 1.165) is 11.1 Å². The molecule has 1 aliphatic rings. The van der Waals surface area contributed by atoms with E-state index >= 15 is 0 Å². The quantitative estimate of drug-likeness (QED) is 0.619. The van der Waals surface area contributed by atoms with Crippen molar-refractivity contribution in [3.05, 3.63) is 52.9 Å². The molecule has 0 radical (unpaired) electrons. The number of rotatable bonds is 1. The van der Waals surface area contributed by atoms with Gasteiger partial charge in [-0.1, -0.05) is 41.9 Å². The van der Waals surface area contributed by atoms with Crippen LogP contribution in [0.1, 0.15) is 17.2 Å². The molecule has 0 fully saturated rings. The van der Waals surface area contributed by atoms with E-state index in [2.05, 4.69) is 20.6 Å². The lowest BCUT2D eigenvalue weighted by Gasteiger charge is -2.28. The molecular weight excluding hydrogens is 268 g/mol. The molecule has 2 heterocycles. The Morgan fingerprint density at radius 2 is 1.94 bits per heavy atom. The molecule has 0 aliphatic carbocycles. The first-order valence-electron chi connectivity index (χ1n) is 5.38. The molecule has 4 nitrogen and oxygen atoms in total. The normalized spacial score (nSPS) is 17.6. The van der Waals surface area contributed by atoms with Crippen LogP contribution < -0.4 is 10.6 Å². The van der Waals surface area contributed by atoms with Gasteiger partial charge in [-0.15, -0.1) is 0 Å². The van der Waals surface area contributed by atoms with E-state index in [1.54, 1.807) is 0 Å². The van der Waals surface area contributed by atoms with Gasteiger partial charge >= 0.3 is 0 Å². The van der Waals surface area contributed by atoms with Crippen molar-refractivity contribution in [1.82, 2.24) is 15.3 Å². The summed E-state index contributed by atoms with van der Waals surface area (Å²) in [5.41, 5.74) is 1.89. The summed E-state index contributed by atoms with van der Waals surface area (Å²) >= 11 is 11.3. The van der Waals surface area contributed by atoms with Crippen LogP contribution in [0.15, 0.2) is 36.7 Å². The summed E-state index contributed by atoms with van der Waals surface area (Å²) in [4.78, 5) is 8.20. The second-order valence-corrected chi connectivity index (χ2v) is 4.64. The molecule has 1 unspecified atom stereocenters. The number of hydrogen-bond donors (Lipinski definition) is 2. The van der Waals surface area contributed by atoms with Gasteiger partial charge in [-0.05, 0) is 17.8 Å². The smallest absolute Gasteiger partial charge is 0.172 e. The Hall–Kier alpha value is -1.72. The maximum Gasteiger partial charge on any atom is 0.172 e. The van der Waals surface area contributed by atoms with E-state index in [0.29, 0.717) is 16.1 Å². The second kappa shape index (κ2) is 4.51. The van der Waals surface area contributed by atoms with E-state index in [-0.39, 0.29) is 6.04 Å². The molecule has 0 saturated carbocycles. The van der Waals surface area contributed by atoms with Crippen molar-refractivity contribution in [2.24, 2.45) is 0 Å². The molecule has 6 heteroatoms. The van der Waals surface area contributed by atoms with Crippen molar-refractivity contribution < 1.29 is 0 Å². The summed E-state index contributed by atoms with van der Waals surface area (Å²) in [6.45, 7) is 0. The third kappa shape index (κ3) is 1.91. The third-order valence-electron chi connectivity index (χ3n) is 2.76. The zero-order valence-electron chi connectivity index (χ0n) is 9.22. The van der Waals surface area contributed by atoms with E-state index in [4.69, 9.17) is 23.8 Å². The van der Waals surface area contributed by atoms with Crippen LogP contribution in [0.5, 0.6) is 0 Å². The fraction of sp³-hybridized carbons (Fsp3) is 0.0833. The van der Waals surface area contributed by atoms with Gasteiger partial charge in [-0.25, -0.2) is 9.97 Å². The van der Waals surface area contributed by atoms with Gasteiger partial charge in [-0.2, -0.15) is 0 Å². The Morgan fingerprint density at radius 1 is 1.17 bits per heavy atom. The van der Waals surface area contributed by atoms with Gasteiger partial charge in [0.1, 0.15) is 17.3 Å². The van der Waals surface area contributed by atoms with Gasteiger partial charge < -0.3 is 10.6 Å². The zero-order valence-corrected chi connectivity index (χ0v) is 10.8. The van der Waals surface area contributed by atoms with E-state index in [1.165, 1.54) is 6.33 Å². The number of benzene rings is 1. The molecule has 2 N–H and O–H groups in total. The Kier molecular flexibility index (Phi) is 2.85. The molecule has 0 bridgehead atoms. The minimum atomic E-state index is -0.122. The molecule has 1 aromatic heterocycles. The number of hydrogen-bond acceptors (Lipinski definition) is 3. The summed E-state index contributed by atoms with van der Waals surface area (Å²) < 4.78 is 0. The molecule has 1 atom stereocenters. The molecule has 2 aromatic rings. The zero-order chi connectivity index (χ0) is 12.5. The Morgan fingerprint density at radius 3 is 2.72 bits per heavy atom. The number of anilines is 1. The van der Waals surface area contributed by atoms with Crippen LogP contribution >= 0.6 is 23.8 Å². The minimum absolute atomic E-state index is 0.122. The lowest BCUT2D eigenvalue weighted by Crippen LogP contribution is -2.38. The van der Waals surface area contributed by atoms with Crippen LogP contribution in [0.3, 0.4) is 0 Å². The van der Waals surface area contributed by atoms with Crippen LogP contribution in [0.25, 0.3) is 0 Å². The molecule has 0 saturated heterocycles. The van der Waals surface area contributed by atoms with Gasteiger partial charge in [-0.3, -0.25) is 0 Å². The molecular formula is C12H9ClN4S. The highest BCUT2D eigenvalue weighted by atomic mass is 35.5. The van der Waals surface area contributed by atoms with Gasteiger partial charge in [0.25, 0.3) is 0 Å². The van der Waals surface area contributed by atoms with Gasteiger partial charge in [0, 0.05) is 0 Å². The Bertz CT molecular complexity index is 602. The summed E-state index contributed by atoms with van der Waals surface area (Å²) in [5.74, 6) is 0.660. The van der Waals surface area contributed by atoms with Crippen molar-refractivity contribution in [3.63, 3.8) is 0 Å². The first-order valence-corrected chi connectivity index (χ1v) is 6.17. The summed E-state index contributed by atoms with van der Waals surface area (Å²) in [6.07, 6.45) is 1.42. The van der Waals surface area contributed by atoms with Crippen LogP contribution in [-0.4, -0.2) is 15.1 Å². The molecule has 1 aliphatic heterocycles. The largest absolute Gasteiger partial charge is 0.351 e. The van der Waals surface area contributed by atoms with Crippen LogP contribution in [0.4, 0.5) is 5.82 Å². The Labute approximate surface area is 114 Å². The van der Waals surface area contributed by atoms with Gasteiger partial charge in [0.05, 0.1) is 11.6 Å². The fourth-order valence-corrected chi connectivity index (χ4v) is 2.43. The van der Waals surface area contributed by atoms with E-state index < -0.39 is 0 Å². The van der Waals surface area contributed by atoms with Crippen molar-refractivity contribution >= 4 is 34.7 Å². The molecule has 1 aromatic carbocycles. The first kappa shape index (κ1) is 11.4. The van der Waals surface area contributed by atoms with Gasteiger partial charge in [0.15, 0.2) is 5.11 Å². The lowest BCUT2D eigenvalue weighted by molar-refractivity contribution is 0.745. The predicted octanol–water partition coefficient (Wildman–Crippen LogP) is 2.52. The number of halogens is 1. The molecule has 3 rings (SSSR count). The van der Waals surface area contributed by atoms with E-state index in [9.17, 15) is 0 Å². The van der Waals surface area contributed by atoms with Gasteiger partial charge in [0.2, 0.25) is 0 Å². The summed E-state index contributed by atoms with van der Waals surface area (Å²) in [7, 11) is 0. The maximum absolute atomic E-state index is 6.16.